The topological polar surface area (TPSA) is 60.6 Å². The van der Waals surface area contributed by atoms with Crippen molar-refractivity contribution in [1.82, 2.24) is 20.1 Å². The summed E-state index contributed by atoms with van der Waals surface area (Å²) < 4.78 is 5.63. The maximum absolute atomic E-state index is 12.9. The highest BCUT2D eigenvalue weighted by Crippen LogP contribution is 2.20. The molecule has 33 heavy (non-hydrogen) atoms. The third-order valence-electron chi connectivity index (χ3n) is 5.40. The zero-order valence-corrected chi connectivity index (χ0v) is 20.8. The Morgan fingerprint density at radius 3 is 2.55 bits per heavy atom. The van der Waals surface area contributed by atoms with Crippen LogP contribution in [0.1, 0.15) is 30.0 Å². The summed E-state index contributed by atoms with van der Waals surface area (Å²) in [5.41, 5.74) is 3.72. The van der Waals surface area contributed by atoms with Crippen LogP contribution in [0.3, 0.4) is 0 Å². The first kappa shape index (κ1) is 24.7. The minimum atomic E-state index is -0.101. The van der Waals surface area contributed by atoms with E-state index < -0.39 is 0 Å². The Hall–Kier alpha value is -2.90. The Morgan fingerprint density at radius 2 is 1.85 bits per heavy atom. The van der Waals surface area contributed by atoms with Crippen LogP contribution in [0.25, 0.3) is 10.9 Å². The Bertz CT molecular complexity index is 1130. The van der Waals surface area contributed by atoms with Gasteiger partial charge in [0.25, 0.3) is 5.56 Å². The number of aryl methyl sites for hydroxylation is 1. The number of rotatable bonds is 10. The van der Waals surface area contributed by atoms with Crippen molar-refractivity contribution in [3.63, 3.8) is 0 Å². The van der Waals surface area contributed by atoms with Gasteiger partial charge in [-0.3, -0.25) is 4.79 Å². The summed E-state index contributed by atoms with van der Waals surface area (Å²) in [6, 6.07) is 16.1. The van der Waals surface area contributed by atoms with Crippen LogP contribution in [0.15, 0.2) is 53.3 Å². The average Bonchev–Trinajstić information content (AvgIpc) is 2.78. The molecule has 1 heterocycles. The lowest BCUT2D eigenvalue weighted by atomic mass is 10.1. The van der Waals surface area contributed by atoms with Gasteiger partial charge in [-0.1, -0.05) is 29.8 Å². The smallest absolute Gasteiger partial charge is 0.253 e. The van der Waals surface area contributed by atoms with Crippen LogP contribution in [0.2, 0.25) is 0 Å². The number of hydrogen-bond donors (Lipinski definition) is 2. The lowest BCUT2D eigenvalue weighted by Gasteiger charge is -2.26. The van der Waals surface area contributed by atoms with E-state index >= 15 is 0 Å². The highest BCUT2D eigenvalue weighted by atomic mass is 32.1. The molecule has 0 unspecified atom stereocenters. The number of hydrogen-bond acceptors (Lipinski definition) is 4. The summed E-state index contributed by atoms with van der Waals surface area (Å²) in [7, 11) is 4.12. The highest BCUT2D eigenvalue weighted by molar-refractivity contribution is 7.80. The van der Waals surface area contributed by atoms with Crippen LogP contribution < -0.4 is 15.6 Å². The Labute approximate surface area is 201 Å². The third kappa shape index (κ3) is 7.30. The summed E-state index contributed by atoms with van der Waals surface area (Å²) in [6.45, 7) is 7.43. The van der Waals surface area contributed by atoms with Gasteiger partial charge in [-0.2, -0.15) is 0 Å². The van der Waals surface area contributed by atoms with E-state index in [0.29, 0.717) is 30.4 Å². The van der Waals surface area contributed by atoms with Crippen molar-refractivity contribution in [2.75, 3.05) is 33.8 Å². The van der Waals surface area contributed by atoms with Crippen molar-refractivity contribution in [3.8, 4) is 5.75 Å². The van der Waals surface area contributed by atoms with E-state index in [0.717, 1.165) is 41.7 Å². The Morgan fingerprint density at radius 1 is 1.09 bits per heavy atom. The number of H-pyrrole nitrogens is 1. The molecule has 2 N–H and O–H groups in total. The van der Waals surface area contributed by atoms with Gasteiger partial charge in [0.2, 0.25) is 0 Å². The molecule has 0 amide bonds. The summed E-state index contributed by atoms with van der Waals surface area (Å²) in [5.74, 6) is 0.789. The fourth-order valence-corrected chi connectivity index (χ4v) is 3.86. The molecule has 0 bridgehead atoms. The Balaban J connectivity index is 1.83. The number of benzene rings is 2. The van der Waals surface area contributed by atoms with Gasteiger partial charge in [-0.15, -0.1) is 0 Å². The van der Waals surface area contributed by atoms with Crippen molar-refractivity contribution in [1.29, 1.82) is 0 Å². The van der Waals surface area contributed by atoms with Gasteiger partial charge in [-0.25, -0.2) is 0 Å². The van der Waals surface area contributed by atoms with Crippen LogP contribution in [0, 0.1) is 6.92 Å². The molecule has 0 atom stereocenters. The van der Waals surface area contributed by atoms with Gasteiger partial charge in [-0.05, 0) is 83.0 Å². The summed E-state index contributed by atoms with van der Waals surface area (Å²) >= 11 is 5.74. The number of aromatic amines is 1. The SMILES string of the molecule is CCOc1ccc2[nH]c(=O)c(CN(Cc3ccc(C)cc3)C(=S)NCCCN(C)C)cc2c1. The predicted molar refractivity (Wildman–Crippen MR) is 140 cm³/mol. The second kappa shape index (κ2) is 11.8. The maximum Gasteiger partial charge on any atom is 0.253 e. The summed E-state index contributed by atoms with van der Waals surface area (Å²) in [4.78, 5) is 20.1. The fraction of sp³-hybridized carbons (Fsp3) is 0.385. The number of thiocarbonyl (C=S) groups is 1. The van der Waals surface area contributed by atoms with Crippen molar-refractivity contribution < 1.29 is 4.74 Å². The highest BCUT2D eigenvalue weighted by Gasteiger charge is 2.14. The fourth-order valence-electron chi connectivity index (χ4n) is 3.63. The standard InChI is InChI=1S/C26H34N4O2S/c1-5-32-23-11-12-24-21(16-23)15-22(25(31)28-24)18-30(17-20-9-7-19(2)8-10-20)26(33)27-13-6-14-29(3)4/h7-12,15-16H,5-6,13-14,17-18H2,1-4H3,(H,27,33)(H,28,31). The van der Waals surface area contributed by atoms with Gasteiger partial charge in [0, 0.05) is 29.6 Å². The van der Waals surface area contributed by atoms with Gasteiger partial charge in [0.15, 0.2) is 5.11 Å². The van der Waals surface area contributed by atoms with E-state index in [4.69, 9.17) is 17.0 Å². The molecular formula is C26H34N4O2S. The second-order valence-electron chi connectivity index (χ2n) is 8.54. The second-order valence-corrected chi connectivity index (χ2v) is 8.92. The van der Waals surface area contributed by atoms with Gasteiger partial charge in [0.05, 0.1) is 13.2 Å². The van der Waals surface area contributed by atoms with Crippen molar-refractivity contribution >= 4 is 28.2 Å². The molecule has 0 aliphatic carbocycles. The molecule has 6 nitrogen and oxygen atoms in total. The molecule has 3 rings (SSSR count). The quantitative estimate of drug-likeness (QED) is 0.347. The van der Waals surface area contributed by atoms with E-state index in [1.54, 1.807) is 0 Å². The number of nitrogens with one attached hydrogen (secondary N) is 2. The molecule has 0 saturated heterocycles. The zero-order chi connectivity index (χ0) is 23.8. The normalized spacial score (nSPS) is 11.1. The molecule has 0 spiro atoms. The minimum Gasteiger partial charge on any atom is -0.494 e. The molecular weight excluding hydrogens is 432 g/mol. The molecule has 176 valence electrons. The monoisotopic (exact) mass is 466 g/mol. The maximum atomic E-state index is 12.9. The predicted octanol–water partition coefficient (Wildman–Crippen LogP) is 4.06. The van der Waals surface area contributed by atoms with E-state index in [1.165, 1.54) is 5.56 Å². The largest absolute Gasteiger partial charge is 0.494 e. The average molecular weight is 467 g/mol. The van der Waals surface area contributed by atoms with E-state index in [2.05, 4.69) is 65.4 Å². The number of ether oxygens (including phenoxy) is 1. The number of pyridine rings is 1. The molecule has 0 fully saturated rings. The van der Waals surface area contributed by atoms with Gasteiger partial charge >= 0.3 is 0 Å². The Kier molecular flexibility index (Phi) is 8.86. The van der Waals surface area contributed by atoms with Gasteiger partial charge in [0.1, 0.15) is 5.75 Å². The molecule has 0 saturated carbocycles. The first-order valence-corrected chi connectivity index (χ1v) is 11.8. The first-order valence-electron chi connectivity index (χ1n) is 11.4. The van der Waals surface area contributed by atoms with Gasteiger partial charge < -0.3 is 24.8 Å². The molecule has 3 aromatic rings. The molecule has 2 aromatic carbocycles. The van der Waals surface area contributed by atoms with Crippen molar-refractivity contribution in [2.24, 2.45) is 0 Å². The van der Waals surface area contributed by atoms with Crippen LogP contribution in [0.4, 0.5) is 0 Å². The minimum absolute atomic E-state index is 0.101. The molecule has 0 aliphatic heterocycles. The lowest BCUT2D eigenvalue weighted by Crippen LogP contribution is -2.40. The molecule has 0 aliphatic rings. The van der Waals surface area contributed by atoms with E-state index in [1.807, 2.05) is 31.2 Å². The molecule has 0 radical (unpaired) electrons. The summed E-state index contributed by atoms with van der Waals surface area (Å²) in [6.07, 6.45) is 0.988. The van der Waals surface area contributed by atoms with Crippen molar-refractivity contribution in [2.45, 2.75) is 33.4 Å². The number of nitrogens with zero attached hydrogens (tertiary/aromatic N) is 2. The van der Waals surface area contributed by atoms with Crippen LogP contribution in [-0.2, 0) is 13.1 Å². The first-order chi connectivity index (χ1) is 15.9. The van der Waals surface area contributed by atoms with Crippen LogP contribution in [-0.4, -0.2) is 53.7 Å². The van der Waals surface area contributed by atoms with Crippen molar-refractivity contribution in [3.05, 3.63) is 75.6 Å². The summed E-state index contributed by atoms with van der Waals surface area (Å²) in [5, 5.41) is 4.96. The number of fused-ring (bicyclic) bond motifs is 1. The molecule has 1 aromatic heterocycles. The van der Waals surface area contributed by atoms with E-state index in [-0.39, 0.29) is 5.56 Å². The third-order valence-corrected chi connectivity index (χ3v) is 5.81. The molecule has 7 heteroatoms. The number of aromatic nitrogens is 1. The lowest BCUT2D eigenvalue weighted by molar-refractivity contribution is 0.340. The zero-order valence-electron chi connectivity index (χ0n) is 20.0. The van der Waals surface area contributed by atoms with E-state index in [9.17, 15) is 4.79 Å². The van der Waals surface area contributed by atoms with Crippen LogP contribution in [0.5, 0.6) is 5.75 Å². The van der Waals surface area contributed by atoms with Crippen LogP contribution >= 0.6 is 12.2 Å².